The van der Waals surface area contributed by atoms with Gasteiger partial charge in [0.2, 0.25) is 0 Å². The Labute approximate surface area is 145 Å². The van der Waals surface area contributed by atoms with Gasteiger partial charge in [0.15, 0.2) is 0 Å². The van der Waals surface area contributed by atoms with Crippen LogP contribution < -0.4 is 16.2 Å². The highest BCUT2D eigenvalue weighted by molar-refractivity contribution is 6.06. The van der Waals surface area contributed by atoms with E-state index in [1.165, 1.54) is 6.07 Å². The number of aromatic nitrogens is 1. The molecule has 0 saturated carbocycles. The van der Waals surface area contributed by atoms with Crippen LogP contribution in [0.15, 0.2) is 41.2 Å². The molecule has 7 nitrogen and oxygen atoms in total. The fourth-order valence-electron chi connectivity index (χ4n) is 2.06. The molecular formula is C18H21N3O4. The van der Waals surface area contributed by atoms with E-state index in [1.807, 2.05) is 0 Å². The molecule has 0 saturated heterocycles. The van der Waals surface area contributed by atoms with Crippen molar-refractivity contribution in [2.75, 3.05) is 10.6 Å². The monoisotopic (exact) mass is 343 g/mol. The van der Waals surface area contributed by atoms with E-state index in [2.05, 4.69) is 15.6 Å². The third-order valence-corrected chi connectivity index (χ3v) is 3.11. The summed E-state index contributed by atoms with van der Waals surface area (Å²) in [5.74, 6) is -0.570. The van der Waals surface area contributed by atoms with Crippen LogP contribution in [0.2, 0.25) is 0 Å². The number of rotatable bonds is 3. The third kappa shape index (κ3) is 5.20. The van der Waals surface area contributed by atoms with E-state index in [-0.39, 0.29) is 5.56 Å². The Hall–Kier alpha value is -3.09. The zero-order chi connectivity index (χ0) is 18.6. The quantitative estimate of drug-likeness (QED) is 0.796. The molecule has 0 fully saturated rings. The Morgan fingerprint density at radius 2 is 1.60 bits per heavy atom. The fourth-order valence-corrected chi connectivity index (χ4v) is 2.06. The van der Waals surface area contributed by atoms with Crippen LogP contribution in [-0.2, 0) is 4.74 Å². The average molecular weight is 343 g/mol. The van der Waals surface area contributed by atoms with Crippen molar-refractivity contribution in [3.63, 3.8) is 0 Å². The minimum atomic E-state index is -0.641. The number of hydrogen-bond donors (Lipinski definition) is 3. The van der Waals surface area contributed by atoms with Crippen LogP contribution in [0.1, 0.15) is 36.8 Å². The van der Waals surface area contributed by atoms with E-state index in [0.29, 0.717) is 17.1 Å². The number of nitrogens with one attached hydrogen (secondary N) is 3. The SMILES string of the molecule is Cc1ccc(C(=O)Nc2ccccc2NC(=O)OC(C)(C)C)c(=O)[nH]1. The number of para-hydroxylation sites is 2. The molecule has 0 aliphatic heterocycles. The Bertz CT molecular complexity index is 850. The molecule has 2 amide bonds. The van der Waals surface area contributed by atoms with Crippen molar-refractivity contribution in [1.82, 2.24) is 4.98 Å². The van der Waals surface area contributed by atoms with Crippen LogP contribution in [0.3, 0.4) is 0 Å². The van der Waals surface area contributed by atoms with E-state index in [9.17, 15) is 14.4 Å². The molecule has 0 atom stereocenters. The lowest BCUT2D eigenvalue weighted by Crippen LogP contribution is -2.28. The van der Waals surface area contributed by atoms with Crippen molar-refractivity contribution in [3.8, 4) is 0 Å². The Morgan fingerprint density at radius 1 is 1.00 bits per heavy atom. The number of hydrogen-bond acceptors (Lipinski definition) is 4. The summed E-state index contributed by atoms with van der Waals surface area (Å²) in [5, 5.41) is 5.21. The lowest BCUT2D eigenvalue weighted by atomic mass is 10.2. The smallest absolute Gasteiger partial charge is 0.412 e. The van der Waals surface area contributed by atoms with E-state index in [4.69, 9.17) is 4.74 Å². The first-order valence-electron chi connectivity index (χ1n) is 7.76. The van der Waals surface area contributed by atoms with Crippen LogP contribution in [0.4, 0.5) is 16.2 Å². The molecule has 132 valence electrons. The van der Waals surface area contributed by atoms with Gasteiger partial charge >= 0.3 is 6.09 Å². The van der Waals surface area contributed by atoms with Crippen molar-refractivity contribution in [1.29, 1.82) is 0 Å². The summed E-state index contributed by atoms with van der Waals surface area (Å²) in [7, 11) is 0. The molecule has 3 N–H and O–H groups in total. The summed E-state index contributed by atoms with van der Waals surface area (Å²) in [6, 6.07) is 9.75. The molecule has 2 aromatic rings. The molecule has 0 aliphatic rings. The zero-order valence-corrected chi connectivity index (χ0v) is 14.6. The van der Waals surface area contributed by atoms with Gasteiger partial charge in [-0.2, -0.15) is 0 Å². The Morgan fingerprint density at radius 3 is 2.16 bits per heavy atom. The number of aromatic amines is 1. The summed E-state index contributed by atoms with van der Waals surface area (Å²) < 4.78 is 5.20. The highest BCUT2D eigenvalue weighted by Gasteiger charge is 2.18. The summed E-state index contributed by atoms with van der Waals surface area (Å²) >= 11 is 0. The van der Waals surface area contributed by atoms with Gasteiger partial charge in [-0.1, -0.05) is 12.1 Å². The fraction of sp³-hybridized carbons (Fsp3) is 0.278. The largest absolute Gasteiger partial charge is 0.444 e. The lowest BCUT2D eigenvalue weighted by molar-refractivity contribution is 0.0635. The number of anilines is 2. The van der Waals surface area contributed by atoms with Crippen LogP contribution in [0.25, 0.3) is 0 Å². The molecular weight excluding hydrogens is 322 g/mol. The number of amides is 2. The number of aryl methyl sites for hydroxylation is 1. The highest BCUT2D eigenvalue weighted by Crippen LogP contribution is 2.22. The van der Waals surface area contributed by atoms with E-state index in [1.54, 1.807) is 58.0 Å². The average Bonchev–Trinajstić information content (AvgIpc) is 2.47. The molecule has 0 bridgehead atoms. The van der Waals surface area contributed by atoms with Gasteiger partial charge < -0.3 is 15.0 Å². The topological polar surface area (TPSA) is 100 Å². The number of ether oxygens (including phenoxy) is 1. The van der Waals surface area contributed by atoms with Gasteiger partial charge in [0.1, 0.15) is 11.2 Å². The number of carbonyl (C=O) groups is 2. The number of pyridine rings is 1. The minimum absolute atomic E-state index is 0.0160. The van der Waals surface area contributed by atoms with Gasteiger partial charge in [0.05, 0.1) is 11.4 Å². The number of carbonyl (C=O) groups excluding carboxylic acids is 2. The molecule has 7 heteroatoms. The van der Waals surface area contributed by atoms with Gasteiger partial charge in [0.25, 0.3) is 11.5 Å². The molecule has 1 aromatic heterocycles. The molecule has 0 spiro atoms. The molecule has 0 aliphatic carbocycles. The first-order chi connectivity index (χ1) is 11.7. The molecule has 1 aromatic carbocycles. The van der Waals surface area contributed by atoms with Crippen molar-refractivity contribution < 1.29 is 14.3 Å². The number of H-pyrrole nitrogens is 1. The van der Waals surface area contributed by atoms with E-state index < -0.39 is 23.2 Å². The maximum Gasteiger partial charge on any atom is 0.412 e. The normalized spacial score (nSPS) is 10.9. The summed E-state index contributed by atoms with van der Waals surface area (Å²) in [5.41, 5.74) is 0.255. The molecule has 0 radical (unpaired) electrons. The maximum absolute atomic E-state index is 12.3. The summed E-state index contributed by atoms with van der Waals surface area (Å²) in [6.07, 6.45) is -0.637. The summed E-state index contributed by atoms with van der Waals surface area (Å²) in [4.78, 5) is 38.7. The predicted octanol–water partition coefficient (Wildman–Crippen LogP) is 3.28. The second-order valence-corrected chi connectivity index (χ2v) is 6.51. The maximum atomic E-state index is 12.3. The van der Waals surface area contributed by atoms with Gasteiger partial charge in [-0.3, -0.25) is 14.9 Å². The first kappa shape index (κ1) is 18.3. The predicted molar refractivity (Wildman–Crippen MR) is 96.1 cm³/mol. The van der Waals surface area contributed by atoms with E-state index in [0.717, 1.165) is 0 Å². The second kappa shape index (κ2) is 7.21. The Kier molecular flexibility index (Phi) is 5.26. The summed E-state index contributed by atoms with van der Waals surface area (Å²) in [6.45, 7) is 6.99. The van der Waals surface area contributed by atoms with Gasteiger partial charge in [-0.25, -0.2) is 4.79 Å². The van der Waals surface area contributed by atoms with Crippen molar-refractivity contribution >= 4 is 23.4 Å². The van der Waals surface area contributed by atoms with Gasteiger partial charge in [-0.15, -0.1) is 0 Å². The third-order valence-electron chi connectivity index (χ3n) is 3.11. The van der Waals surface area contributed by atoms with Gasteiger partial charge in [-0.05, 0) is 52.0 Å². The minimum Gasteiger partial charge on any atom is -0.444 e. The van der Waals surface area contributed by atoms with Crippen LogP contribution in [0, 0.1) is 6.92 Å². The van der Waals surface area contributed by atoms with Crippen molar-refractivity contribution in [2.45, 2.75) is 33.3 Å². The first-order valence-corrected chi connectivity index (χ1v) is 7.76. The Balaban J connectivity index is 2.19. The number of benzene rings is 1. The van der Waals surface area contributed by atoms with Crippen molar-refractivity contribution in [2.24, 2.45) is 0 Å². The standard InChI is InChI=1S/C18H21N3O4/c1-11-9-10-12(15(22)19-11)16(23)20-13-7-5-6-8-14(13)21-17(24)25-18(2,3)4/h5-10H,1-4H3,(H,19,22)(H,20,23)(H,21,24). The van der Waals surface area contributed by atoms with Crippen LogP contribution in [0.5, 0.6) is 0 Å². The van der Waals surface area contributed by atoms with Crippen LogP contribution in [-0.4, -0.2) is 22.6 Å². The van der Waals surface area contributed by atoms with Crippen LogP contribution >= 0.6 is 0 Å². The lowest BCUT2D eigenvalue weighted by Gasteiger charge is -2.20. The second-order valence-electron chi connectivity index (χ2n) is 6.51. The van der Waals surface area contributed by atoms with E-state index >= 15 is 0 Å². The zero-order valence-electron chi connectivity index (χ0n) is 14.6. The van der Waals surface area contributed by atoms with Crippen molar-refractivity contribution in [3.05, 3.63) is 58.0 Å². The van der Waals surface area contributed by atoms with Gasteiger partial charge in [0, 0.05) is 5.69 Å². The molecule has 25 heavy (non-hydrogen) atoms. The highest BCUT2D eigenvalue weighted by atomic mass is 16.6. The molecule has 1 heterocycles. The molecule has 0 unspecified atom stereocenters. The molecule has 2 rings (SSSR count).